The number of hydrogen-bond acceptors (Lipinski definition) is 2. The summed E-state index contributed by atoms with van der Waals surface area (Å²) in [5.74, 6) is 0. The Kier molecular flexibility index (Phi) is 4.28. The van der Waals surface area contributed by atoms with Crippen LogP contribution in [0.5, 0.6) is 0 Å². The van der Waals surface area contributed by atoms with Gasteiger partial charge in [0, 0.05) is 30.5 Å². The lowest BCUT2D eigenvalue weighted by atomic mass is 9.96. The van der Waals surface area contributed by atoms with Crippen molar-refractivity contribution >= 4 is 14.3 Å². The second kappa shape index (κ2) is 6.17. The van der Waals surface area contributed by atoms with Crippen LogP contribution in [0.25, 0.3) is 0 Å². The highest BCUT2D eigenvalue weighted by Crippen LogP contribution is 2.48. The Labute approximate surface area is 129 Å². The topological polar surface area (TPSA) is 24.1 Å². The third kappa shape index (κ3) is 2.97. The molecule has 0 saturated carbocycles. The second-order valence-corrected chi connectivity index (χ2v) is 7.47. The molecule has 3 heteroatoms. The van der Waals surface area contributed by atoms with Crippen molar-refractivity contribution in [2.45, 2.75) is 25.2 Å². The minimum absolute atomic E-state index is 0.292. The molecule has 1 aliphatic rings. The van der Waals surface area contributed by atoms with E-state index >= 15 is 0 Å². The molecule has 0 bridgehead atoms. The minimum atomic E-state index is 0.292. The van der Waals surface area contributed by atoms with Gasteiger partial charge in [0.2, 0.25) is 0 Å². The molecule has 0 aromatic heterocycles. The molecular formula is C18H23N2P. The fourth-order valence-electron chi connectivity index (χ4n) is 3.06. The summed E-state index contributed by atoms with van der Waals surface area (Å²) in [7, 11) is 0.915. The Morgan fingerprint density at radius 2 is 1.90 bits per heavy atom. The molecule has 21 heavy (non-hydrogen) atoms. The Morgan fingerprint density at radius 3 is 2.67 bits per heavy atom. The van der Waals surface area contributed by atoms with E-state index in [4.69, 9.17) is 0 Å². The fraction of sp³-hybridized carbons (Fsp3) is 0.333. The highest BCUT2D eigenvalue weighted by Gasteiger charge is 2.34. The van der Waals surface area contributed by atoms with Crippen LogP contribution in [-0.4, -0.2) is 13.2 Å². The van der Waals surface area contributed by atoms with Crippen molar-refractivity contribution in [3.63, 3.8) is 0 Å². The van der Waals surface area contributed by atoms with Crippen LogP contribution in [-0.2, 0) is 18.2 Å². The van der Waals surface area contributed by atoms with Crippen molar-refractivity contribution in [2.24, 2.45) is 0 Å². The number of fused-ring (bicyclic) bond motifs is 1. The third-order valence-electron chi connectivity index (χ3n) is 4.37. The maximum absolute atomic E-state index is 3.58. The van der Waals surface area contributed by atoms with Gasteiger partial charge in [-0.3, -0.25) is 0 Å². The summed E-state index contributed by atoms with van der Waals surface area (Å²) >= 11 is 0. The van der Waals surface area contributed by atoms with Gasteiger partial charge in [0.1, 0.15) is 0 Å². The van der Waals surface area contributed by atoms with E-state index in [0.717, 1.165) is 28.2 Å². The molecule has 0 aliphatic carbocycles. The standard InChI is InChI=1S/C18H23N2P/c1-18(21-2)13-20-16-10-6-9-15(17(16)18)12-19-11-14-7-4-3-5-8-14/h3-10,19-21H,11-13H2,1-2H3. The average molecular weight is 298 g/mol. The number of benzene rings is 2. The molecule has 0 radical (unpaired) electrons. The average Bonchev–Trinajstić information content (AvgIpc) is 2.88. The van der Waals surface area contributed by atoms with Crippen molar-refractivity contribution in [1.82, 2.24) is 5.32 Å². The lowest BCUT2D eigenvalue weighted by Gasteiger charge is -2.24. The van der Waals surface area contributed by atoms with Gasteiger partial charge in [-0.2, -0.15) is 0 Å². The maximum atomic E-state index is 3.58. The van der Waals surface area contributed by atoms with Crippen LogP contribution in [0, 0.1) is 0 Å². The molecule has 2 atom stereocenters. The molecule has 0 amide bonds. The van der Waals surface area contributed by atoms with Gasteiger partial charge in [0.05, 0.1) is 0 Å². The molecule has 1 aliphatic heterocycles. The lowest BCUT2D eigenvalue weighted by molar-refractivity contribution is 0.674. The summed E-state index contributed by atoms with van der Waals surface area (Å²) in [6.07, 6.45) is 0. The van der Waals surface area contributed by atoms with Gasteiger partial charge in [0.25, 0.3) is 0 Å². The van der Waals surface area contributed by atoms with E-state index in [0.29, 0.717) is 5.16 Å². The van der Waals surface area contributed by atoms with Crippen LogP contribution in [0.4, 0.5) is 5.69 Å². The van der Waals surface area contributed by atoms with Gasteiger partial charge in [-0.05, 0) is 29.4 Å². The fourth-order valence-corrected chi connectivity index (χ4v) is 3.87. The minimum Gasteiger partial charge on any atom is -0.384 e. The van der Waals surface area contributed by atoms with Gasteiger partial charge in [-0.15, -0.1) is 8.58 Å². The Bertz CT molecular complexity index is 612. The van der Waals surface area contributed by atoms with E-state index in [-0.39, 0.29) is 0 Å². The van der Waals surface area contributed by atoms with Crippen LogP contribution < -0.4 is 10.6 Å². The highest BCUT2D eigenvalue weighted by molar-refractivity contribution is 7.38. The van der Waals surface area contributed by atoms with E-state index in [1.54, 1.807) is 0 Å². The number of anilines is 1. The molecule has 0 fully saturated rings. The Hall–Kier alpha value is -1.37. The summed E-state index contributed by atoms with van der Waals surface area (Å²) in [4.78, 5) is 0. The number of rotatable bonds is 5. The monoisotopic (exact) mass is 298 g/mol. The van der Waals surface area contributed by atoms with Crippen molar-refractivity contribution < 1.29 is 0 Å². The van der Waals surface area contributed by atoms with Crippen LogP contribution in [0.15, 0.2) is 48.5 Å². The lowest BCUT2D eigenvalue weighted by Crippen LogP contribution is -2.21. The second-order valence-electron chi connectivity index (χ2n) is 5.86. The number of hydrogen-bond donors (Lipinski definition) is 2. The molecule has 110 valence electrons. The predicted octanol–water partition coefficient (Wildman–Crippen LogP) is 3.93. The summed E-state index contributed by atoms with van der Waals surface area (Å²) in [6, 6.07) is 17.2. The first kappa shape index (κ1) is 14.6. The Balaban J connectivity index is 1.74. The molecule has 3 rings (SSSR count). The van der Waals surface area contributed by atoms with Gasteiger partial charge < -0.3 is 10.6 Å². The van der Waals surface area contributed by atoms with Crippen LogP contribution in [0.1, 0.15) is 23.6 Å². The molecule has 0 saturated heterocycles. The zero-order valence-corrected chi connectivity index (χ0v) is 13.7. The van der Waals surface area contributed by atoms with Gasteiger partial charge >= 0.3 is 0 Å². The summed E-state index contributed by atoms with van der Waals surface area (Å²) in [5, 5.41) is 7.45. The first-order chi connectivity index (χ1) is 10.2. The largest absolute Gasteiger partial charge is 0.384 e. The summed E-state index contributed by atoms with van der Waals surface area (Å²) < 4.78 is 0. The quantitative estimate of drug-likeness (QED) is 0.817. The molecule has 2 aromatic rings. The third-order valence-corrected chi connectivity index (χ3v) is 5.90. The smallest absolute Gasteiger partial charge is 0.0386 e. The van der Waals surface area contributed by atoms with E-state index in [1.165, 1.54) is 22.4 Å². The predicted molar refractivity (Wildman–Crippen MR) is 93.5 cm³/mol. The van der Waals surface area contributed by atoms with Crippen LogP contribution in [0.2, 0.25) is 0 Å². The molecule has 2 aromatic carbocycles. The summed E-state index contributed by atoms with van der Waals surface area (Å²) in [6.45, 7) is 7.60. The Morgan fingerprint density at radius 1 is 1.10 bits per heavy atom. The van der Waals surface area contributed by atoms with Gasteiger partial charge in [-0.1, -0.05) is 49.4 Å². The van der Waals surface area contributed by atoms with Gasteiger partial charge in [0.15, 0.2) is 0 Å². The number of nitrogens with one attached hydrogen (secondary N) is 2. The zero-order chi connectivity index (χ0) is 14.7. The van der Waals surface area contributed by atoms with Crippen molar-refractivity contribution in [3.8, 4) is 0 Å². The van der Waals surface area contributed by atoms with Crippen molar-refractivity contribution in [3.05, 3.63) is 65.2 Å². The first-order valence-electron chi connectivity index (χ1n) is 7.53. The van der Waals surface area contributed by atoms with E-state index in [9.17, 15) is 0 Å². The molecule has 2 unspecified atom stereocenters. The highest BCUT2D eigenvalue weighted by atomic mass is 31.1. The first-order valence-corrected chi connectivity index (χ1v) is 9.03. The van der Waals surface area contributed by atoms with Crippen LogP contribution >= 0.6 is 8.58 Å². The van der Waals surface area contributed by atoms with Crippen molar-refractivity contribution in [2.75, 3.05) is 18.5 Å². The molecular weight excluding hydrogens is 275 g/mol. The normalized spacial score (nSPS) is 20.7. The SMILES string of the molecule is CPC1(C)CNc2cccc(CNCc3ccccc3)c21. The summed E-state index contributed by atoms with van der Waals surface area (Å²) in [5.41, 5.74) is 5.62. The molecule has 1 heterocycles. The van der Waals surface area contributed by atoms with E-state index in [1.807, 2.05) is 0 Å². The van der Waals surface area contributed by atoms with Crippen molar-refractivity contribution in [1.29, 1.82) is 0 Å². The van der Waals surface area contributed by atoms with E-state index < -0.39 is 0 Å². The molecule has 2 N–H and O–H groups in total. The molecule has 2 nitrogen and oxygen atoms in total. The van der Waals surface area contributed by atoms with Crippen LogP contribution in [0.3, 0.4) is 0 Å². The maximum Gasteiger partial charge on any atom is 0.0386 e. The van der Waals surface area contributed by atoms with E-state index in [2.05, 4.69) is 72.8 Å². The zero-order valence-electron chi connectivity index (χ0n) is 12.7. The van der Waals surface area contributed by atoms with Gasteiger partial charge in [-0.25, -0.2) is 0 Å². The molecule has 0 spiro atoms.